The summed E-state index contributed by atoms with van der Waals surface area (Å²) in [5.74, 6) is 0. The highest BCUT2D eigenvalue weighted by Crippen LogP contribution is 2.45. The van der Waals surface area contributed by atoms with Gasteiger partial charge in [0.05, 0.1) is 22.4 Å². The standard InChI is InChI=1S/C76H52N4/c1-5-25-59(26-6-1)79(60-27-7-2-8-28-60)63-47-49-67(71(51-63)69-35-19-23-53-21-13-15-33-65(53)69)55-39-43-57(44-40-55)75-76(78-74-38-18-17-37-73(74)77-75)58-45-41-56(42-46-58)68-50-48-64(52-72(68)70-36-20-24-54-22-14-16-34-66(54)70)80(61-29-9-3-10-30-61)62-31-11-4-12-32-62/h1-52H. The molecule has 80 heavy (non-hydrogen) atoms. The van der Waals surface area contributed by atoms with Crippen LogP contribution in [0.5, 0.6) is 0 Å². The molecule has 14 aromatic rings. The minimum atomic E-state index is 0.830. The molecule has 0 fully saturated rings. The van der Waals surface area contributed by atoms with Gasteiger partial charge in [0, 0.05) is 45.3 Å². The number of hydrogen-bond acceptors (Lipinski definition) is 4. The van der Waals surface area contributed by atoms with E-state index >= 15 is 0 Å². The Hall–Kier alpha value is -10.7. The molecule has 0 atom stereocenters. The average Bonchev–Trinajstić information content (AvgIpc) is 3.68. The van der Waals surface area contributed by atoms with Crippen LogP contribution in [0.2, 0.25) is 0 Å². The molecule has 14 rings (SSSR count). The normalized spacial score (nSPS) is 11.2. The Morgan fingerprint density at radius 1 is 0.200 bits per heavy atom. The van der Waals surface area contributed by atoms with E-state index in [1.54, 1.807) is 0 Å². The lowest BCUT2D eigenvalue weighted by atomic mass is 9.89. The lowest BCUT2D eigenvalue weighted by molar-refractivity contribution is 1.28. The molecule has 0 amide bonds. The van der Waals surface area contributed by atoms with Crippen LogP contribution >= 0.6 is 0 Å². The Morgan fingerprint density at radius 3 is 0.887 bits per heavy atom. The number of rotatable bonds is 12. The molecule has 4 nitrogen and oxygen atoms in total. The second-order valence-electron chi connectivity index (χ2n) is 20.1. The molecule has 4 heteroatoms. The van der Waals surface area contributed by atoms with Gasteiger partial charge < -0.3 is 9.80 Å². The van der Waals surface area contributed by atoms with Crippen molar-refractivity contribution in [3.05, 3.63) is 315 Å². The van der Waals surface area contributed by atoms with Gasteiger partial charge in [-0.1, -0.05) is 231 Å². The molecule has 0 unspecified atom stereocenters. The van der Waals surface area contributed by atoms with Crippen molar-refractivity contribution in [2.24, 2.45) is 0 Å². The van der Waals surface area contributed by atoms with E-state index in [9.17, 15) is 0 Å². The first-order valence-corrected chi connectivity index (χ1v) is 27.2. The van der Waals surface area contributed by atoms with E-state index < -0.39 is 0 Å². The third-order valence-electron chi connectivity index (χ3n) is 15.2. The third kappa shape index (κ3) is 9.11. The minimum Gasteiger partial charge on any atom is -0.310 e. The van der Waals surface area contributed by atoms with Crippen molar-refractivity contribution in [2.45, 2.75) is 0 Å². The van der Waals surface area contributed by atoms with E-state index in [0.717, 1.165) is 101 Å². The van der Waals surface area contributed by atoms with E-state index in [-0.39, 0.29) is 0 Å². The summed E-state index contributed by atoms with van der Waals surface area (Å²) in [6.07, 6.45) is 0. The quantitative estimate of drug-likeness (QED) is 0.122. The molecule has 0 aliphatic carbocycles. The zero-order chi connectivity index (χ0) is 53.2. The topological polar surface area (TPSA) is 32.3 Å². The predicted molar refractivity (Wildman–Crippen MR) is 337 cm³/mol. The fraction of sp³-hybridized carbons (Fsp3) is 0. The molecule has 0 radical (unpaired) electrons. The number of anilines is 6. The highest BCUT2D eigenvalue weighted by atomic mass is 15.1. The first kappa shape index (κ1) is 47.7. The molecule has 0 bridgehead atoms. The van der Waals surface area contributed by atoms with Crippen molar-refractivity contribution in [3.8, 4) is 67.0 Å². The lowest BCUT2D eigenvalue weighted by Crippen LogP contribution is -2.10. The molecule has 0 aliphatic rings. The molecule has 0 saturated carbocycles. The number of benzene rings is 13. The summed E-state index contributed by atoms with van der Waals surface area (Å²) >= 11 is 0. The highest BCUT2D eigenvalue weighted by Gasteiger charge is 2.21. The Balaban J connectivity index is 0.870. The molecule has 1 heterocycles. The number of hydrogen-bond donors (Lipinski definition) is 0. The van der Waals surface area contributed by atoms with E-state index in [0.29, 0.717) is 0 Å². The van der Waals surface area contributed by atoms with Crippen molar-refractivity contribution in [1.29, 1.82) is 0 Å². The highest BCUT2D eigenvalue weighted by molar-refractivity contribution is 6.04. The first-order valence-electron chi connectivity index (χ1n) is 27.2. The van der Waals surface area contributed by atoms with Crippen LogP contribution in [0.4, 0.5) is 34.1 Å². The SMILES string of the molecule is c1ccc(N(c2ccccc2)c2ccc(-c3ccc(-c4nc5ccccc5nc4-c4ccc(-c5ccc(N(c6ccccc6)c6ccccc6)cc5-c5cccc6ccccc56)cc4)cc3)c(-c3cccc4ccccc34)c2)cc1. The Morgan fingerprint density at radius 2 is 0.512 bits per heavy atom. The van der Waals surface area contributed by atoms with Gasteiger partial charge in [-0.3, -0.25) is 0 Å². The van der Waals surface area contributed by atoms with Crippen LogP contribution in [0.25, 0.3) is 99.6 Å². The first-order chi connectivity index (χ1) is 39.7. The maximum atomic E-state index is 5.38. The number of aromatic nitrogens is 2. The van der Waals surface area contributed by atoms with E-state index in [4.69, 9.17) is 9.97 Å². The summed E-state index contributed by atoms with van der Waals surface area (Å²) in [5.41, 5.74) is 21.0. The monoisotopic (exact) mass is 1020 g/mol. The van der Waals surface area contributed by atoms with Crippen LogP contribution in [0.15, 0.2) is 315 Å². The molecular weight excluding hydrogens is 969 g/mol. The largest absolute Gasteiger partial charge is 0.310 e. The van der Waals surface area contributed by atoms with Crippen LogP contribution in [0.3, 0.4) is 0 Å². The second-order valence-corrected chi connectivity index (χ2v) is 20.1. The zero-order valence-corrected chi connectivity index (χ0v) is 43.8. The van der Waals surface area contributed by atoms with Crippen LogP contribution in [-0.4, -0.2) is 9.97 Å². The van der Waals surface area contributed by atoms with Crippen LogP contribution in [0.1, 0.15) is 0 Å². The smallest absolute Gasteiger partial charge is 0.0973 e. The van der Waals surface area contributed by atoms with Gasteiger partial charge in [-0.05, 0) is 151 Å². The zero-order valence-electron chi connectivity index (χ0n) is 43.8. The fourth-order valence-corrected chi connectivity index (χ4v) is 11.4. The maximum absolute atomic E-state index is 5.38. The summed E-state index contributed by atoms with van der Waals surface area (Å²) in [4.78, 5) is 15.4. The number of fused-ring (bicyclic) bond motifs is 3. The summed E-state index contributed by atoms with van der Waals surface area (Å²) in [5, 5.41) is 4.81. The lowest BCUT2D eigenvalue weighted by Gasteiger charge is -2.27. The number of para-hydroxylation sites is 6. The van der Waals surface area contributed by atoms with Crippen molar-refractivity contribution in [2.75, 3.05) is 9.80 Å². The number of nitrogens with zero attached hydrogens (tertiary/aromatic N) is 4. The summed E-state index contributed by atoms with van der Waals surface area (Å²) in [6.45, 7) is 0. The van der Waals surface area contributed by atoms with E-state index in [2.05, 4.69) is 313 Å². The summed E-state index contributed by atoms with van der Waals surface area (Å²) in [6, 6.07) is 113. The molecule has 0 spiro atoms. The third-order valence-corrected chi connectivity index (χ3v) is 15.2. The Bertz CT molecular complexity index is 4120. The van der Waals surface area contributed by atoms with Gasteiger partial charge in [0.2, 0.25) is 0 Å². The molecule has 0 saturated heterocycles. The van der Waals surface area contributed by atoms with Crippen LogP contribution in [-0.2, 0) is 0 Å². The van der Waals surface area contributed by atoms with Gasteiger partial charge in [-0.2, -0.15) is 0 Å². The van der Waals surface area contributed by atoms with Crippen molar-refractivity contribution < 1.29 is 0 Å². The fourth-order valence-electron chi connectivity index (χ4n) is 11.4. The van der Waals surface area contributed by atoms with Crippen LogP contribution in [0, 0.1) is 0 Å². The predicted octanol–water partition coefficient (Wildman–Crippen LogP) is 20.9. The molecule has 376 valence electrons. The summed E-state index contributed by atoms with van der Waals surface area (Å²) in [7, 11) is 0. The van der Waals surface area contributed by atoms with Crippen molar-refractivity contribution >= 4 is 66.7 Å². The van der Waals surface area contributed by atoms with E-state index in [1.807, 2.05) is 12.1 Å². The van der Waals surface area contributed by atoms with E-state index in [1.165, 1.54) is 32.7 Å². The molecule has 13 aromatic carbocycles. The van der Waals surface area contributed by atoms with Gasteiger partial charge in [0.25, 0.3) is 0 Å². The van der Waals surface area contributed by atoms with Gasteiger partial charge in [-0.25, -0.2) is 9.97 Å². The molecule has 1 aromatic heterocycles. The summed E-state index contributed by atoms with van der Waals surface area (Å²) < 4.78 is 0. The molecular formula is C76H52N4. The van der Waals surface area contributed by atoms with Gasteiger partial charge >= 0.3 is 0 Å². The van der Waals surface area contributed by atoms with Crippen molar-refractivity contribution in [3.63, 3.8) is 0 Å². The van der Waals surface area contributed by atoms with Gasteiger partial charge in [0.1, 0.15) is 0 Å². The van der Waals surface area contributed by atoms with Crippen LogP contribution < -0.4 is 9.80 Å². The van der Waals surface area contributed by atoms with Gasteiger partial charge in [-0.15, -0.1) is 0 Å². The second kappa shape index (κ2) is 21.0. The average molecular weight is 1020 g/mol. The molecule has 0 aliphatic heterocycles. The van der Waals surface area contributed by atoms with Crippen molar-refractivity contribution in [1.82, 2.24) is 9.97 Å². The minimum absolute atomic E-state index is 0.830. The van der Waals surface area contributed by atoms with Gasteiger partial charge in [0.15, 0.2) is 0 Å². The Kier molecular flexibility index (Phi) is 12.6. The maximum Gasteiger partial charge on any atom is 0.0973 e. The molecule has 0 N–H and O–H groups in total. The Labute approximate surface area is 466 Å².